The van der Waals surface area contributed by atoms with Crippen molar-refractivity contribution in [2.75, 3.05) is 13.2 Å². The summed E-state index contributed by atoms with van der Waals surface area (Å²) >= 11 is 0. The number of carboxylic acids is 1. The molecule has 1 saturated heterocycles. The number of carboxylic acid groups (broad SMARTS) is 1. The van der Waals surface area contributed by atoms with Crippen LogP contribution in [0, 0.1) is 0 Å². The highest BCUT2D eigenvalue weighted by atomic mass is 16.7. The Morgan fingerprint density at radius 1 is 0.860 bits per heavy atom. The second-order valence-corrected chi connectivity index (χ2v) is 11.9. The molecule has 0 atom stereocenters. The normalized spacial score (nSPS) is 16.8. The summed E-state index contributed by atoms with van der Waals surface area (Å²) in [7, 11) is -0.712. The quantitative estimate of drug-likeness (QED) is 0.214. The molecule has 0 saturated carbocycles. The monoisotopic (exact) mass is 581 g/mol. The molecule has 0 radical (unpaired) electrons. The Kier molecular flexibility index (Phi) is 8.58. The molecule has 5 rings (SSSR count). The van der Waals surface area contributed by atoms with E-state index in [1.165, 1.54) is 0 Å². The van der Waals surface area contributed by atoms with Crippen molar-refractivity contribution in [3.8, 4) is 11.1 Å². The first-order chi connectivity index (χ1) is 20.4. The van der Waals surface area contributed by atoms with E-state index in [9.17, 15) is 14.4 Å². The van der Waals surface area contributed by atoms with Gasteiger partial charge in [-0.2, -0.15) is 0 Å². The molecule has 3 aromatic rings. The van der Waals surface area contributed by atoms with Gasteiger partial charge in [0.05, 0.1) is 17.6 Å². The second-order valence-electron chi connectivity index (χ2n) is 11.9. The third kappa shape index (κ3) is 6.58. The van der Waals surface area contributed by atoms with Crippen molar-refractivity contribution in [1.29, 1.82) is 0 Å². The number of carbonyl (C=O) groups excluding carboxylic acids is 2. The highest BCUT2D eigenvalue weighted by Gasteiger charge is 2.52. The second kappa shape index (κ2) is 12.2. The molecule has 1 fully saturated rings. The van der Waals surface area contributed by atoms with Crippen LogP contribution >= 0.6 is 0 Å². The molecule has 222 valence electrons. The Labute approximate surface area is 252 Å². The molecule has 9 heteroatoms. The molecule has 0 unspecified atom stereocenters. The van der Waals surface area contributed by atoms with Crippen molar-refractivity contribution < 1.29 is 33.5 Å². The summed E-state index contributed by atoms with van der Waals surface area (Å²) in [6, 6.07) is 23.2. The van der Waals surface area contributed by atoms with Crippen molar-refractivity contribution in [2.24, 2.45) is 0 Å². The summed E-state index contributed by atoms with van der Waals surface area (Å²) in [4.78, 5) is 36.1. The fourth-order valence-electron chi connectivity index (χ4n) is 5.36. The molecule has 0 aromatic heterocycles. The highest BCUT2D eigenvalue weighted by Crippen LogP contribution is 2.44. The van der Waals surface area contributed by atoms with Crippen molar-refractivity contribution in [3.05, 3.63) is 101 Å². The number of carbonyl (C=O) groups is 3. The van der Waals surface area contributed by atoms with Crippen LogP contribution in [0.4, 0.5) is 4.79 Å². The number of Topliss-reactive ketones (excluding diaryl/α,β-unsaturated/α-hetero) is 1. The number of ketones is 1. The number of amides is 1. The number of aliphatic carboxylic acids is 1. The molecule has 0 spiro atoms. The lowest BCUT2D eigenvalue weighted by Gasteiger charge is -2.32. The fraction of sp³-hybridized carbons (Fsp3) is 0.324. The van der Waals surface area contributed by atoms with Gasteiger partial charge >= 0.3 is 19.2 Å². The smallest absolute Gasteiger partial charge is 0.481 e. The molecule has 2 N–H and O–H groups in total. The van der Waals surface area contributed by atoms with Crippen LogP contribution in [0.3, 0.4) is 0 Å². The van der Waals surface area contributed by atoms with Crippen LogP contribution in [0.25, 0.3) is 17.2 Å². The van der Waals surface area contributed by atoms with Crippen LogP contribution in [-0.4, -0.2) is 54.4 Å². The van der Waals surface area contributed by atoms with Gasteiger partial charge in [-0.3, -0.25) is 9.59 Å². The Hall–Kier alpha value is -4.21. The van der Waals surface area contributed by atoms with Crippen LogP contribution in [0.15, 0.2) is 78.3 Å². The first-order valence-corrected chi connectivity index (χ1v) is 14.5. The predicted octanol–water partition coefficient (Wildman–Crippen LogP) is 6.29. The highest BCUT2D eigenvalue weighted by molar-refractivity contribution is 6.56. The van der Waals surface area contributed by atoms with E-state index >= 15 is 0 Å². The molecular weight excluding hydrogens is 545 g/mol. The Bertz CT molecular complexity index is 1500. The summed E-state index contributed by atoms with van der Waals surface area (Å²) in [5.74, 6) is -1.29. The Morgan fingerprint density at radius 2 is 1.42 bits per heavy atom. The van der Waals surface area contributed by atoms with E-state index in [-0.39, 0.29) is 37.7 Å². The zero-order chi connectivity index (χ0) is 30.8. The summed E-state index contributed by atoms with van der Waals surface area (Å²) in [5.41, 5.74) is 5.32. The van der Waals surface area contributed by atoms with Gasteiger partial charge in [0.2, 0.25) is 0 Å². The van der Waals surface area contributed by atoms with E-state index in [0.29, 0.717) is 11.0 Å². The number of nitrogens with one attached hydrogen (secondary N) is 1. The average molecular weight is 581 g/mol. The summed E-state index contributed by atoms with van der Waals surface area (Å²) in [6.45, 7) is 8.16. The maximum absolute atomic E-state index is 13.0. The topological polar surface area (TPSA) is 111 Å². The summed E-state index contributed by atoms with van der Waals surface area (Å²) < 4.78 is 18.3. The fourth-order valence-corrected chi connectivity index (χ4v) is 5.36. The minimum absolute atomic E-state index is 0.0482. The molecule has 3 aromatic carbocycles. The van der Waals surface area contributed by atoms with Crippen molar-refractivity contribution in [2.45, 2.75) is 57.7 Å². The molecule has 1 amide bonds. The van der Waals surface area contributed by atoms with Crippen LogP contribution in [-0.2, 0) is 18.8 Å². The zero-order valence-corrected chi connectivity index (χ0v) is 24.9. The first-order valence-electron chi connectivity index (χ1n) is 14.5. The lowest BCUT2D eigenvalue weighted by molar-refractivity contribution is -0.136. The van der Waals surface area contributed by atoms with E-state index in [0.717, 1.165) is 27.8 Å². The van der Waals surface area contributed by atoms with Crippen LogP contribution in [0.2, 0.25) is 0 Å². The van der Waals surface area contributed by atoms with Crippen molar-refractivity contribution in [1.82, 2.24) is 5.32 Å². The molecule has 1 heterocycles. The number of hydrogen-bond acceptors (Lipinski definition) is 6. The van der Waals surface area contributed by atoms with Gasteiger partial charge in [0.1, 0.15) is 6.61 Å². The van der Waals surface area contributed by atoms with Gasteiger partial charge < -0.3 is 24.5 Å². The van der Waals surface area contributed by atoms with Gasteiger partial charge in [-0.25, -0.2) is 4.79 Å². The molecule has 1 aliphatic heterocycles. The lowest BCUT2D eigenvalue weighted by Crippen LogP contribution is -2.41. The molecule has 2 aliphatic rings. The maximum atomic E-state index is 13.0. The van der Waals surface area contributed by atoms with Crippen molar-refractivity contribution >= 4 is 31.0 Å². The van der Waals surface area contributed by atoms with E-state index in [1.807, 2.05) is 58.0 Å². The average Bonchev–Trinajstić information content (AvgIpc) is 3.41. The molecular formula is C34H36BNO7. The molecule has 8 nitrogen and oxygen atoms in total. The number of fused-ring (bicyclic) bond motifs is 3. The maximum Gasteiger partial charge on any atom is 0.492 e. The minimum atomic E-state index is -1.01. The number of hydrogen-bond donors (Lipinski definition) is 2. The Balaban J connectivity index is 1.28. The molecule has 0 bridgehead atoms. The number of ether oxygens (including phenoxy) is 1. The van der Waals surface area contributed by atoms with Crippen LogP contribution < -0.4 is 5.32 Å². The van der Waals surface area contributed by atoms with E-state index in [1.54, 1.807) is 24.3 Å². The third-order valence-electron chi connectivity index (χ3n) is 8.49. The van der Waals surface area contributed by atoms with Gasteiger partial charge in [0.15, 0.2) is 5.78 Å². The molecule has 1 aliphatic carbocycles. The van der Waals surface area contributed by atoms with Gasteiger partial charge in [-0.1, -0.05) is 78.9 Å². The van der Waals surface area contributed by atoms with Gasteiger partial charge in [-0.15, -0.1) is 0 Å². The SMILES string of the molecule is CC1(C)OB(C(=Cc2ccc(C(=O)CCC(=O)O)cc2)CNC(=O)OCC2c3ccccc3-c3ccccc32)OC1(C)C. The van der Waals surface area contributed by atoms with Gasteiger partial charge in [0, 0.05) is 24.4 Å². The predicted molar refractivity (Wildman–Crippen MR) is 165 cm³/mol. The van der Waals surface area contributed by atoms with E-state index in [4.69, 9.17) is 19.2 Å². The van der Waals surface area contributed by atoms with Crippen molar-refractivity contribution in [3.63, 3.8) is 0 Å². The van der Waals surface area contributed by atoms with E-state index in [2.05, 4.69) is 29.6 Å². The van der Waals surface area contributed by atoms with E-state index < -0.39 is 30.4 Å². The third-order valence-corrected chi connectivity index (χ3v) is 8.49. The molecule has 43 heavy (non-hydrogen) atoms. The zero-order valence-electron chi connectivity index (χ0n) is 24.9. The van der Waals surface area contributed by atoms with Gasteiger partial charge in [0.25, 0.3) is 0 Å². The summed E-state index contributed by atoms with van der Waals surface area (Å²) in [5, 5.41) is 11.7. The van der Waals surface area contributed by atoms with Crippen LogP contribution in [0.1, 0.15) is 73.5 Å². The number of rotatable bonds is 10. The summed E-state index contributed by atoms with van der Waals surface area (Å²) in [6.07, 6.45) is 1.03. The number of benzene rings is 3. The van der Waals surface area contributed by atoms with Gasteiger partial charge in [-0.05, 0) is 61.0 Å². The van der Waals surface area contributed by atoms with Crippen LogP contribution in [0.5, 0.6) is 0 Å². The largest absolute Gasteiger partial charge is 0.492 e. The number of alkyl carbamates (subject to hydrolysis) is 1. The Morgan fingerprint density at radius 3 is 1.98 bits per heavy atom. The standard InChI is InChI=1S/C34H36BNO7/c1-33(2)34(3,4)43-35(42-33)24(19-22-13-15-23(16-14-22)30(37)17-18-31(38)39)20-36-32(40)41-21-29-27-11-7-5-9-25(27)26-10-6-8-12-28(26)29/h5-16,19,29H,17-18,20-21H2,1-4H3,(H,36,40)(H,38,39). The lowest BCUT2D eigenvalue weighted by atomic mass is 9.77. The minimum Gasteiger partial charge on any atom is -0.481 e. The first kappa shape index (κ1) is 30.3.